The minimum Gasteiger partial charge on any atom is -0.360 e. The van der Waals surface area contributed by atoms with Gasteiger partial charge in [-0.25, -0.2) is 0 Å². The molecule has 8 nitrogen and oxygen atoms in total. The molecule has 0 saturated carbocycles. The number of aromatic nitrogens is 1. The van der Waals surface area contributed by atoms with Crippen LogP contribution in [-0.4, -0.2) is 83.6 Å². The van der Waals surface area contributed by atoms with Crippen LogP contribution in [0.2, 0.25) is 0 Å². The van der Waals surface area contributed by atoms with E-state index in [1.807, 2.05) is 16.7 Å². The Labute approximate surface area is 151 Å². The summed E-state index contributed by atoms with van der Waals surface area (Å²) in [5.74, 6) is 3.33. The van der Waals surface area contributed by atoms with Crippen molar-refractivity contribution in [2.75, 3.05) is 56.1 Å². The Balaban J connectivity index is 1.37. The first kappa shape index (κ1) is 18.2. The molecule has 1 aromatic rings. The number of hydrogen-bond acceptors (Lipinski definition) is 7. The molecular formula is C16H25N5O3S. The molecule has 3 heterocycles. The Morgan fingerprint density at radius 3 is 2.84 bits per heavy atom. The lowest BCUT2D eigenvalue weighted by molar-refractivity contribution is -0.133. The lowest BCUT2D eigenvalue weighted by atomic mass is 10.2. The molecule has 2 aliphatic heterocycles. The predicted molar refractivity (Wildman–Crippen MR) is 96.6 cm³/mol. The van der Waals surface area contributed by atoms with Crippen LogP contribution >= 0.6 is 11.8 Å². The van der Waals surface area contributed by atoms with Gasteiger partial charge in [0.25, 0.3) is 0 Å². The minimum absolute atomic E-state index is 0.114. The second-order valence-electron chi connectivity index (χ2n) is 6.46. The summed E-state index contributed by atoms with van der Waals surface area (Å²) in [6, 6.07) is 1.98. The second-order valence-corrected chi connectivity index (χ2v) is 7.61. The minimum atomic E-state index is -0.114. The van der Waals surface area contributed by atoms with Crippen LogP contribution < -0.4 is 10.6 Å². The van der Waals surface area contributed by atoms with Crippen LogP contribution in [0.4, 0.5) is 5.82 Å². The van der Waals surface area contributed by atoms with E-state index < -0.39 is 0 Å². The van der Waals surface area contributed by atoms with Crippen LogP contribution in [-0.2, 0) is 9.59 Å². The molecule has 0 aliphatic carbocycles. The number of nitrogens with zero attached hydrogens (tertiary/aromatic N) is 3. The van der Waals surface area contributed by atoms with Crippen LogP contribution in [0.1, 0.15) is 12.2 Å². The molecule has 2 saturated heterocycles. The summed E-state index contributed by atoms with van der Waals surface area (Å²) in [4.78, 5) is 28.4. The van der Waals surface area contributed by atoms with Crippen LogP contribution in [0, 0.1) is 6.92 Å². The average Bonchev–Trinajstić information content (AvgIpc) is 3.01. The first-order valence-corrected chi connectivity index (χ1v) is 9.80. The Morgan fingerprint density at radius 2 is 2.20 bits per heavy atom. The summed E-state index contributed by atoms with van der Waals surface area (Å²) in [5.41, 5.74) is 0. The van der Waals surface area contributed by atoms with Crippen molar-refractivity contribution in [3.63, 3.8) is 0 Å². The van der Waals surface area contributed by atoms with Crippen molar-refractivity contribution in [3.05, 3.63) is 11.8 Å². The number of piperazine rings is 1. The molecule has 1 unspecified atom stereocenters. The van der Waals surface area contributed by atoms with E-state index in [2.05, 4.69) is 20.7 Å². The highest BCUT2D eigenvalue weighted by atomic mass is 32.2. The summed E-state index contributed by atoms with van der Waals surface area (Å²) in [7, 11) is 0. The number of thioether (sulfide) groups is 1. The standard InChI is InChI=1S/C16H25N5O3S/c1-12-8-14(19-24-12)18-15(22)10-20-3-5-21(6-4-20)16(23)9-13-11-25-7-2-17-13/h8,13,17H,2-7,9-11H2,1H3,(H,18,19,22). The molecular weight excluding hydrogens is 342 g/mol. The van der Waals surface area contributed by atoms with E-state index >= 15 is 0 Å². The molecule has 2 amide bonds. The zero-order valence-corrected chi connectivity index (χ0v) is 15.3. The molecule has 2 N–H and O–H groups in total. The highest BCUT2D eigenvalue weighted by molar-refractivity contribution is 7.99. The number of nitrogens with one attached hydrogen (secondary N) is 2. The third kappa shape index (κ3) is 5.45. The molecule has 1 atom stereocenters. The smallest absolute Gasteiger partial charge is 0.239 e. The second kappa shape index (κ2) is 8.68. The first-order valence-electron chi connectivity index (χ1n) is 8.64. The van der Waals surface area contributed by atoms with Gasteiger partial charge in [-0.05, 0) is 6.92 Å². The van der Waals surface area contributed by atoms with E-state index in [9.17, 15) is 9.59 Å². The SMILES string of the molecule is Cc1cc(NC(=O)CN2CCN(C(=O)CC3CSCCN3)CC2)no1. The van der Waals surface area contributed by atoms with E-state index in [-0.39, 0.29) is 11.8 Å². The topological polar surface area (TPSA) is 90.7 Å². The van der Waals surface area contributed by atoms with E-state index in [1.54, 1.807) is 13.0 Å². The van der Waals surface area contributed by atoms with Crippen molar-refractivity contribution in [2.24, 2.45) is 0 Å². The molecule has 138 valence electrons. The molecule has 25 heavy (non-hydrogen) atoms. The van der Waals surface area contributed by atoms with Gasteiger partial charge in [-0.15, -0.1) is 0 Å². The van der Waals surface area contributed by atoms with Gasteiger partial charge in [-0.1, -0.05) is 5.16 Å². The molecule has 2 aliphatic rings. The molecule has 2 fully saturated rings. The maximum Gasteiger partial charge on any atom is 0.239 e. The van der Waals surface area contributed by atoms with Crippen molar-refractivity contribution in [3.8, 4) is 0 Å². The van der Waals surface area contributed by atoms with Gasteiger partial charge in [0, 0.05) is 62.8 Å². The monoisotopic (exact) mass is 367 g/mol. The summed E-state index contributed by atoms with van der Waals surface area (Å²) in [5, 5.41) is 9.88. The lowest BCUT2D eigenvalue weighted by Crippen LogP contribution is -2.52. The number of anilines is 1. The van der Waals surface area contributed by atoms with Gasteiger partial charge < -0.3 is 20.1 Å². The van der Waals surface area contributed by atoms with Gasteiger partial charge in [-0.2, -0.15) is 11.8 Å². The number of aryl methyl sites for hydroxylation is 1. The van der Waals surface area contributed by atoms with Crippen molar-refractivity contribution in [2.45, 2.75) is 19.4 Å². The van der Waals surface area contributed by atoms with Crippen molar-refractivity contribution in [1.82, 2.24) is 20.3 Å². The van der Waals surface area contributed by atoms with E-state index in [0.717, 1.165) is 18.1 Å². The van der Waals surface area contributed by atoms with Gasteiger partial charge in [-0.3, -0.25) is 14.5 Å². The van der Waals surface area contributed by atoms with Crippen molar-refractivity contribution >= 4 is 29.4 Å². The maximum atomic E-state index is 12.4. The normalized spacial score (nSPS) is 22.0. The molecule has 3 rings (SSSR count). The van der Waals surface area contributed by atoms with Crippen molar-refractivity contribution in [1.29, 1.82) is 0 Å². The fourth-order valence-corrected chi connectivity index (χ4v) is 4.01. The van der Waals surface area contributed by atoms with Crippen molar-refractivity contribution < 1.29 is 14.1 Å². The zero-order valence-electron chi connectivity index (χ0n) is 14.5. The molecule has 9 heteroatoms. The van der Waals surface area contributed by atoms with Gasteiger partial charge in [0.1, 0.15) is 5.76 Å². The average molecular weight is 367 g/mol. The molecule has 0 spiro atoms. The molecule has 0 radical (unpaired) electrons. The van der Waals surface area contributed by atoms with Gasteiger partial charge in [0.15, 0.2) is 5.82 Å². The fraction of sp³-hybridized carbons (Fsp3) is 0.688. The van der Waals surface area contributed by atoms with Crippen LogP contribution in [0.3, 0.4) is 0 Å². The summed E-state index contributed by atoms with van der Waals surface area (Å²) in [6.45, 7) is 5.84. The lowest BCUT2D eigenvalue weighted by Gasteiger charge is -2.35. The maximum absolute atomic E-state index is 12.4. The summed E-state index contributed by atoms with van der Waals surface area (Å²) >= 11 is 1.90. The number of rotatable bonds is 5. The Bertz CT molecular complexity index is 594. The van der Waals surface area contributed by atoms with Gasteiger partial charge in [0.05, 0.1) is 6.54 Å². The van der Waals surface area contributed by atoms with Gasteiger partial charge in [0.2, 0.25) is 11.8 Å². The quantitative estimate of drug-likeness (QED) is 0.766. The first-order chi connectivity index (χ1) is 12.1. The van der Waals surface area contributed by atoms with E-state index in [0.29, 0.717) is 56.8 Å². The van der Waals surface area contributed by atoms with E-state index in [1.165, 1.54) is 0 Å². The third-order valence-corrected chi connectivity index (χ3v) is 5.54. The van der Waals surface area contributed by atoms with Crippen LogP contribution in [0.25, 0.3) is 0 Å². The highest BCUT2D eigenvalue weighted by Crippen LogP contribution is 2.13. The van der Waals surface area contributed by atoms with Crippen LogP contribution in [0.5, 0.6) is 0 Å². The Kier molecular flexibility index (Phi) is 6.33. The van der Waals surface area contributed by atoms with E-state index in [4.69, 9.17) is 4.52 Å². The number of hydrogen-bond donors (Lipinski definition) is 2. The van der Waals surface area contributed by atoms with Gasteiger partial charge >= 0.3 is 0 Å². The fourth-order valence-electron chi connectivity index (χ4n) is 3.06. The number of amides is 2. The molecule has 0 aromatic carbocycles. The predicted octanol–water partition coefficient (Wildman–Crippen LogP) is 0.161. The summed E-state index contributed by atoms with van der Waals surface area (Å²) < 4.78 is 4.93. The number of carbonyl (C=O) groups excluding carboxylic acids is 2. The largest absolute Gasteiger partial charge is 0.360 e. The highest BCUT2D eigenvalue weighted by Gasteiger charge is 2.25. The summed E-state index contributed by atoms with van der Waals surface area (Å²) in [6.07, 6.45) is 0.568. The van der Waals surface area contributed by atoms with Crippen LogP contribution in [0.15, 0.2) is 10.6 Å². The molecule has 1 aromatic heterocycles. The Morgan fingerprint density at radius 1 is 1.40 bits per heavy atom. The molecule has 0 bridgehead atoms. The number of carbonyl (C=O) groups is 2. The third-order valence-electron chi connectivity index (χ3n) is 4.41. The Hall–Kier alpha value is -1.58. The zero-order chi connectivity index (χ0) is 17.6.